The van der Waals surface area contributed by atoms with E-state index in [0.29, 0.717) is 0 Å². The number of hydrogen-bond donors (Lipinski definition) is 0. The number of aromatic nitrogens is 2. The zero-order valence-corrected chi connectivity index (χ0v) is 11.9. The first kappa shape index (κ1) is 13.1. The topological polar surface area (TPSA) is 34.9 Å². The Morgan fingerprint density at radius 1 is 1.20 bits per heavy atom. The van der Waals surface area contributed by atoms with Crippen molar-refractivity contribution in [2.75, 3.05) is 0 Å². The highest BCUT2D eigenvalue weighted by atomic mass is 16.1. The van der Waals surface area contributed by atoms with Crippen LogP contribution < -0.4 is 0 Å². The smallest absolute Gasteiger partial charge is 0.191 e. The number of hydrogen-bond acceptors (Lipinski definition) is 2. The minimum absolute atomic E-state index is 0.237. The number of Topliss-reactive ketones (excluding diaryl/α,β-unsaturated/α-hetero) is 1. The van der Waals surface area contributed by atoms with Crippen molar-refractivity contribution in [2.45, 2.75) is 44.6 Å². The largest absolute Gasteiger partial charge is 0.291 e. The van der Waals surface area contributed by atoms with Gasteiger partial charge in [0.2, 0.25) is 0 Å². The van der Waals surface area contributed by atoms with Crippen molar-refractivity contribution in [3.63, 3.8) is 0 Å². The van der Waals surface area contributed by atoms with Crippen LogP contribution in [-0.2, 0) is 12.0 Å². The molecule has 1 aliphatic carbocycles. The van der Waals surface area contributed by atoms with Gasteiger partial charge in [-0.05, 0) is 31.4 Å². The summed E-state index contributed by atoms with van der Waals surface area (Å²) in [5.41, 5.74) is 1.57. The molecule has 0 radical (unpaired) electrons. The van der Waals surface area contributed by atoms with Crippen LogP contribution in [0.4, 0.5) is 0 Å². The molecule has 0 atom stereocenters. The van der Waals surface area contributed by atoms with E-state index in [2.05, 4.69) is 17.2 Å². The Bertz CT molecular complexity index is 594. The predicted molar refractivity (Wildman–Crippen MR) is 78.8 cm³/mol. The van der Waals surface area contributed by atoms with Crippen molar-refractivity contribution in [1.82, 2.24) is 9.78 Å². The zero-order valence-electron chi connectivity index (χ0n) is 11.9. The third-order valence-corrected chi connectivity index (χ3v) is 4.47. The van der Waals surface area contributed by atoms with Gasteiger partial charge in [-0.3, -0.25) is 9.48 Å². The lowest BCUT2D eigenvalue weighted by Crippen LogP contribution is -2.34. The Labute approximate surface area is 119 Å². The summed E-state index contributed by atoms with van der Waals surface area (Å²) in [6.45, 7) is 2.76. The second kappa shape index (κ2) is 5.23. The summed E-state index contributed by atoms with van der Waals surface area (Å²) in [5, 5.41) is 4.25. The second-order valence-electron chi connectivity index (χ2n) is 5.52. The number of nitrogens with zero attached hydrogens (tertiary/aromatic N) is 2. The van der Waals surface area contributed by atoms with Crippen LogP contribution in [0, 0.1) is 0 Å². The van der Waals surface area contributed by atoms with Crippen molar-refractivity contribution < 1.29 is 4.79 Å². The van der Waals surface area contributed by atoms with E-state index in [1.165, 1.54) is 0 Å². The van der Waals surface area contributed by atoms with Gasteiger partial charge in [0.1, 0.15) is 5.69 Å². The average Bonchev–Trinajstić information content (AvgIpc) is 3.17. The molecule has 0 aliphatic heterocycles. The van der Waals surface area contributed by atoms with Gasteiger partial charge in [-0.2, -0.15) is 5.10 Å². The van der Waals surface area contributed by atoms with E-state index in [9.17, 15) is 4.79 Å². The molecule has 1 aromatic carbocycles. The molecule has 0 amide bonds. The molecule has 1 fully saturated rings. The number of benzene rings is 1. The molecule has 1 heterocycles. The predicted octanol–water partition coefficient (Wildman–Crippen LogP) is 3.60. The van der Waals surface area contributed by atoms with E-state index in [1.54, 1.807) is 6.20 Å². The van der Waals surface area contributed by atoms with Crippen LogP contribution in [0.15, 0.2) is 42.6 Å². The van der Waals surface area contributed by atoms with Crippen molar-refractivity contribution >= 4 is 5.78 Å². The van der Waals surface area contributed by atoms with E-state index in [-0.39, 0.29) is 11.2 Å². The first-order valence-electron chi connectivity index (χ1n) is 7.40. The summed E-state index contributed by atoms with van der Waals surface area (Å²) in [6.07, 6.45) is 5.88. The maximum absolute atomic E-state index is 13.1. The molecule has 0 N–H and O–H groups in total. The molecule has 0 unspecified atom stereocenters. The van der Waals surface area contributed by atoms with Crippen LogP contribution in [0.1, 0.15) is 48.7 Å². The average molecular weight is 268 g/mol. The molecule has 104 valence electrons. The van der Waals surface area contributed by atoms with Gasteiger partial charge in [-0.1, -0.05) is 43.2 Å². The monoisotopic (exact) mass is 268 g/mol. The van der Waals surface area contributed by atoms with Crippen molar-refractivity contribution in [3.05, 3.63) is 53.9 Å². The van der Waals surface area contributed by atoms with Crippen molar-refractivity contribution in [3.8, 4) is 0 Å². The molecule has 1 aromatic heterocycles. The maximum Gasteiger partial charge on any atom is 0.191 e. The van der Waals surface area contributed by atoms with Gasteiger partial charge in [0.15, 0.2) is 5.78 Å². The fourth-order valence-electron chi connectivity index (χ4n) is 3.41. The quantitative estimate of drug-likeness (QED) is 0.794. The van der Waals surface area contributed by atoms with Gasteiger partial charge in [0.25, 0.3) is 0 Å². The van der Waals surface area contributed by atoms with E-state index >= 15 is 0 Å². The molecule has 0 spiro atoms. The summed E-state index contributed by atoms with van der Waals surface area (Å²) in [5.74, 6) is 0.237. The number of ketones is 1. The highest BCUT2D eigenvalue weighted by Crippen LogP contribution is 2.43. The highest BCUT2D eigenvalue weighted by Gasteiger charge is 2.43. The van der Waals surface area contributed by atoms with Crippen LogP contribution >= 0.6 is 0 Å². The Balaban J connectivity index is 2.06. The van der Waals surface area contributed by atoms with Crippen molar-refractivity contribution in [2.24, 2.45) is 0 Å². The van der Waals surface area contributed by atoms with E-state index in [1.807, 2.05) is 35.9 Å². The fourth-order valence-corrected chi connectivity index (χ4v) is 3.41. The molecule has 2 aromatic rings. The van der Waals surface area contributed by atoms with Crippen LogP contribution in [0.3, 0.4) is 0 Å². The minimum atomic E-state index is -0.339. The second-order valence-corrected chi connectivity index (χ2v) is 5.52. The zero-order chi connectivity index (χ0) is 14.0. The summed E-state index contributed by atoms with van der Waals surface area (Å²) in [7, 11) is 0. The molecule has 3 heteroatoms. The lowest BCUT2D eigenvalue weighted by atomic mass is 9.74. The highest BCUT2D eigenvalue weighted by molar-refractivity contribution is 6.03. The van der Waals surface area contributed by atoms with Crippen LogP contribution in [-0.4, -0.2) is 15.6 Å². The molecule has 1 aliphatic rings. The van der Waals surface area contributed by atoms with Gasteiger partial charge in [0, 0.05) is 12.7 Å². The van der Waals surface area contributed by atoms with Gasteiger partial charge < -0.3 is 0 Å². The van der Waals surface area contributed by atoms with E-state index in [0.717, 1.165) is 43.5 Å². The van der Waals surface area contributed by atoms with Gasteiger partial charge in [-0.15, -0.1) is 0 Å². The van der Waals surface area contributed by atoms with E-state index in [4.69, 9.17) is 0 Å². The lowest BCUT2D eigenvalue weighted by Gasteiger charge is -2.28. The molecule has 20 heavy (non-hydrogen) atoms. The Kier molecular flexibility index (Phi) is 3.43. The van der Waals surface area contributed by atoms with Gasteiger partial charge >= 0.3 is 0 Å². The van der Waals surface area contributed by atoms with E-state index < -0.39 is 0 Å². The van der Waals surface area contributed by atoms with Crippen molar-refractivity contribution in [1.29, 1.82) is 0 Å². The molecule has 3 rings (SSSR count). The first-order valence-corrected chi connectivity index (χ1v) is 7.40. The van der Waals surface area contributed by atoms with Crippen LogP contribution in [0.5, 0.6) is 0 Å². The summed E-state index contributed by atoms with van der Waals surface area (Å²) < 4.78 is 1.81. The number of carbonyl (C=O) groups is 1. The third-order valence-electron chi connectivity index (χ3n) is 4.47. The molecular weight excluding hydrogens is 248 g/mol. The Morgan fingerprint density at radius 2 is 1.90 bits per heavy atom. The summed E-state index contributed by atoms with van der Waals surface area (Å²) >= 11 is 0. The summed E-state index contributed by atoms with van der Waals surface area (Å²) in [4.78, 5) is 13.1. The lowest BCUT2D eigenvalue weighted by molar-refractivity contribution is 0.0874. The number of aryl methyl sites for hydroxylation is 1. The standard InChI is InChI=1S/C17H20N2O/c1-2-19-15(10-13-18-19)16(20)17(11-6-7-12-17)14-8-4-3-5-9-14/h3-5,8-10,13H,2,6-7,11-12H2,1H3. The molecular formula is C17H20N2O. The molecule has 0 saturated heterocycles. The van der Waals surface area contributed by atoms with Gasteiger partial charge in [0.05, 0.1) is 5.41 Å². The van der Waals surface area contributed by atoms with Crippen LogP contribution in [0.25, 0.3) is 0 Å². The fraction of sp³-hybridized carbons (Fsp3) is 0.412. The molecule has 1 saturated carbocycles. The Hall–Kier alpha value is -1.90. The number of carbonyl (C=O) groups excluding carboxylic acids is 1. The first-order chi connectivity index (χ1) is 9.78. The minimum Gasteiger partial charge on any atom is -0.291 e. The van der Waals surface area contributed by atoms with Gasteiger partial charge in [-0.25, -0.2) is 0 Å². The number of rotatable bonds is 4. The SMILES string of the molecule is CCn1nccc1C(=O)C1(c2ccccc2)CCCC1. The summed E-state index contributed by atoms with van der Waals surface area (Å²) in [6, 6.07) is 12.1. The van der Waals surface area contributed by atoms with Crippen LogP contribution in [0.2, 0.25) is 0 Å². The molecule has 0 bridgehead atoms. The Morgan fingerprint density at radius 3 is 2.55 bits per heavy atom. The maximum atomic E-state index is 13.1. The normalized spacial score (nSPS) is 17.2. The third kappa shape index (κ3) is 1.98. The molecule has 3 nitrogen and oxygen atoms in total.